The normalized spacial score (nSPS) is 39.8. The predicted molar refractivity (Wildman–Crippen MR) is 88.6 cm³/mol. The van der Waals surface area contributed by atoms with Crippen LogP contribution in [0.1, 0.15) is 38.5 Å². The molecule has 5 nitrogen and oxygen atoms in total. The fraction of sp³-hybridized carbons (Fsp3) is 0.933. The Labute approximate surface area is 139 Å². The number of amides is 1. The smallest absolute Gasteiger partial charge is 0.225 e. The summed E-state index contributed by atoms with van der Waals surface area (Å²) in [5.74, 6) is 1.50. The van der Waals surface area contributed by atoms with Gasteiger partial charge in [-0.2, -0.15) is 0 Å². The number of carbonyl (C=O) groups is 1. The first-order chi connectivity index (χ1) is 9.87. The fourth-order valence-corrected chi connectivity index (χ4v) is 6.31. The van der Waals surface area contributed by atoms with Crippen LogP contribution < -0.4 is 5.73 Å². The van der Waals surface area contributed by atoms with Gasteiger partial charge in [0.2, 0.25) is 5.91 Å². The first-order valence-corrected chi connectivity index (χ1v) is 9.92. The van der Waals surface area contributed by atoms with Crippen molar-refractivity contribution in [1.29, 1.82) is 0 Å². The number of nitrogens with zero attached hydrogens (tertiary/aromatic N) is 1. The van der Waals surface area contributed by atoms with Crippen molar-refractivity contribution in [2.24, 2.45) is 23.5 Å². The Morgan fingerprint density at radius 1 is 1.14 bits per heavy atom. The van der Waals surface area contributed by atoms with Gasteiger partial charge < -0.3 is 10.6 Å². The van der Waals surface area contributed by atoms with Gasteiger partial charge in [-0.3, -0.25) is 4.79 Å². The van der Waals surface area contributed by atoms with Crippen LogP contribution in [0.15, 0.2) is 0 Å². The molecule has 0 radical (unpaired) electrons. The lowest BCUT2D eigenvalue weighted by Gasteiger charge is -2.44. The molecule has 22 heavy (non-hydrogen) atoms. The van der Waals surface area contributed by atoms with Crippen molar-refractivity contribution in [3.05, 3.63) is 0 Å². The molecule has 0 spiro atoms. The highest BCUT2D eigenvalue weighted by Crippen LogP contribution is 2.42. The van der Waals surface area contributed by atoms with Gasteiger partial charge in [0.25, 0.3) is 0 Å². The molecule has 2 aliphatic carbocycles. The maximum Gasteiger partial charge on any atom is 0.225 e. The maximum atomic E-state index is 12.7. The van der Waals surface area contributed by atoms with Gasteiger partial charge in [-0.25, -0.2) is 8.42 Å². The van der Waals surface area contributed by atoms with Gasteiger partial charge in [-0.05, 0) is 43.9 Å². The monoisotopic (exact) mass is 350 g/mol. The third-order valence-electron chi connectivity index (χ3n) is 5.87. The number of hydrogen-bond acceptors (Lipinski definition) is 4. The summed E-state index contributed by atoms with van der Waals surface area (Å²) in [4.78, 5) is 14.4. The van der Waals surface area contributed by atoms with Crippen LogP contribution in [0.2, 0.25) is 0 Å². The third-order valence-corrected chi connectivity index (χ3v) is 7.62. The molecule has 3 unspecified atom stereocenters. The predicted octanol–water partition coefficient (Wildman–Crippen LogP) is 1.21. The molecule has 1 heterocycles. The molecule has 2 bridgehead atoms. The number of rotatable bonds is 2. The van der Waals surface area contributed by atoms with Crippen molar-refractivity contribution in [2.75, 3.05) is 18.6 Å². The average molecular weight is 351 g/mol. The highest BCUT2D eigenvalue weighted by atomic mass is 35.5. The lowest BCUT2D eigenvalue weighted by molar-refractivity contribution is -0.139. The van der Waals surface area contributed by atoms with Gasteiger partial charge in [0.1, 0.15) is 0 Å². The first kappa shape index (κ1) is 18.0. The second kappa shape index (κ2) is 6.65. The zero-order chi connectivity index (χ0) is 15.2. The van der Waals surface area contributed by atoms with Crippen molar-refractivity contribution in [1.82, 2.24) is 4.90 Å². The molecule has 3 rings (SSSR count). The van der Waals surface area contributed by atoms with Crippen LogP contribution in [0.5, 0.6) is 0 Å². The van der Waals surface area contributed by atoms with E-state index in [1.807, 2.05) is 0 Å². The summed E-state index contributed by atoms with van der Waals surface area (Å²) in [6, 6.07) is 0.137. The van der Waals surface area contributed by atoms with E-state index in [2.05, 4.69) is 0 Å². The Balaban J connectivity index is 0.00000176. The summed E-state index contributed by atoms with van der Waals surface area (Å²) < 4.78 is 23.2. The van der Waals surface area contributed by atoms with Gasteiger partial charge in [-0.1, -0.05) is 6.42 Å². The molecule has 3 atom stereocenters. The molecule has 0 aromatic rings. The molecular formula is C15H27ClN2O3S. The number of halogens is 1. The Bertz CT molecular complexity index is 511. The van der Waals surface area contributed by atoms with E-state index in [-0.39, 0.29) is 47.8 Å². The second-order valence-corrected chi connectivity index (χ2v) is 9.43. The molecule has 1 amide bonds. The quantitative estimate of drug-likeness (QED) is 0.811. The molecule has 1 aliphatic heterocycles. The third kappa shape index (κ3) is 3.44. The fourth-order valence-electron chi connectivity index (χ4n) is 4.54. The Morgan fingerprint density at radius 2 is 1.73 bits per heavy atom. The van der Waals surface area contributed by atoms with E-state index in [9.17, 15) is 13.2 Å². The first-order valence-electron chi connectivity index (χ1n) is 8.10. The van der Waals surface area contributed by atoms with Crippen LogP contribution in [0, 0.1) is 17.8 Å². The average Bonchev–Trinajstić information content (AvgIpc) is 2.77. The Morgan fingerprint density at radius 3 is 2.23 bits per heavy atom. The standard InChI is InChI=1S/C15H26N2O3S.ClH/c1-17(13-5-6-21(19,20)9-13)15(18)12-7-10-3-2-4-11(8-12)14(10)16;/h10-14H,2-9,16H2,1H3;1H. The van der Waals surface area contributed by atoms with E-state index in [1.165, 1.54) is 6.42 Å². The van der Waals surface area contributed by atoms with Crippen LogP contribution >= 0.6 is 12.4 Å². The molecule has 3 aliphatic rings. The van der Waals surface area contributed by atoms with E-state index in [1.54, 1.807) is 11.9 Å². The SMILES string of the molecule is CN(C(=O)C1CC2CCCC(C1)C2N)C1CCS(=O)(=O)C1.Cl. The molecule has 7 heteroatoms. The highest BCUT2D eigenvalue weighted by Gasteiger charge is 2.42. The molecule has 0 aromatic carbocycles. The van der Waals surface area contributed by atoms with Crippen LogP contribution in [0.25, 0.3) is 0 Å². The van der Waals surface area contributed by atoms with Crippen LogP contribution in [-0.2, 0) is 14.6 Å². The molecule has 2 saturated carbocycles. The van der Waals surface area contributed by atoms with Crippen molar-refractivity contribution >= 4 is 28.2 Å². The molecule has 2 N–H and O–H groups in total. The van der Waals surface area contributed by atoms with E-state index in [0.29, 0.717) is 18.3 Å². The molecule has 1 saturated heterocycles. The summed E-state index contributed by atoms with van der Waals surface area (Å²) in [5, 5.41) is 0. The van der Waals surface area contributed by atoms with Gasteiger partial charge in [-0.15, -0.1) is 12.4 Å². The Hall–Kier alpha value is -0.330. The van der Waals surface area contributed by atoms with E-state index >= 15 is 0 Å². The van der Waals surface area contributed by atoms with E-state index in [4.69, 9.17) is 5.73 Å². The summed E-state index contributed by atoms with van der Waals surface area (Å²) in [6.07, 6.45) is 5.89. The molecule has 128 valence electrons. The number of sulfone groups is 1. The minimum atomic E-state index is -2.94. The van der Waals surface area contributed by atoms with Crippen molar-refractivity contribution in [3.63, 3.8) is 0 Å². The number of hydrogen-bond donors (Lipinski definition) is 1. The minimum absolute atomic E-state index is 0. The lowest BCUT2D eigenvalue weighted by Crippen LogP contribution is -2.50. The topological polar surface area (TPSA) is 80.5 Å². The number of nitrogens with two attached hydrogens (primary N) is 1. The zero-order valence-electron chi connectivity index (χ0n) is 13.1. The van der Waals surface area contributed by atoms with Crippen LogP contribution in [0.4, 0.5) is 0 Å². The zero-order valence-corrected chi connectivity index (χ0v) is 14.7. The van der Waals surface area contributed by atoms with Crippen molar-refractivity contribution < 1.29 is 13.2 Å². The highest BCUT2D eigenvalue weighted by molar-refractivity contribution is 7.91. The maximum absolute atomic E-state index is 12.7. The lowest BCUT2D eigenvalue weighted by atomic mass is 9.65. The summed E-state index contributed by atoms with van der Waals surface area (Å²) in [7, 11) is -1.17. The van der Waals surface area contributed by atoms with Gasteiger partial charge >= 0.3 is 0 Å². The van der Waals surface area contributed by atoms with Crippen LogP contribution in [0.3, 0.4) is 0 Å². The summed E-state index contributed by atoms with van der Waals surface area (Å²) in [5.41, 5.74) is 6.28. The van der Waals surface area contributed by atoms with Crippen LogP contribution in [-0.4, -0.2) is 49.9 Å². The van der Waals surface area contributed by atoms with Crippen molar-refractivity contribution in [3.8, 4) is 0 Å². The second-order valence-electron chi connectivity index (χ2n) is 7.20. The van der Waals surface area contributed by atoms with E-state index < -0.39 is 9.84 Å². The molecule has 0 aromatic heterocycles. The largest absolute Gasteiger partial charge is 0.341 e. The molecular weight excluding hydrogens is 324 g/mol. The number of fused-ring (bicyclic) bond motifs is 2. The van der Waals surface area contributed by atoms with Gasteiger partial charge in [0.15, 0.2) is 9.84 Å². The Kier molecular flexibility index (Phi) is 5.45. The minimum Gasteiger partial charge on any atom is -0.341 e. The van der Waals surface area contributed by atoms with Gasteiger partial charge in [0.05, 0.1) is 11.5 Å². The van der Waals surface area contributed by atoms with E-state index in [0.717, 1.165) is 25.7 Å². The summed E-state index contributed by atoms with van der Waals surface area (Å²) >= 11 is 0. The van der Waals surface area contributed by atoms with Gasteiger partial charge in [0, 0.05) is 25.0 Å². The van der Waals surface area contributed by atoms with Crippen molar-refractivity contribution in [2.45, 2.75) is 50.6 Å². The molecule has 3 fully saturated rings. The summed E-state index contributed by atoms with van der Waals surface area (Å²) in [6.45, 7) is 0. The number of carbonyl (C=O) groups excluding carboxylic acids is 1.